The first kappa shape index (κ1) is 23.1. The van der Waals surface area contributed by atoms with E-state index in [2.05, 4.69) is 92.4 Å². The number of benzene rings is 2. The second-order valence-corrected chi connectivity index (χ2v) is 10.2. The van der Waals surface area contributed by atoms with Crippen molar-refractivity contribution in [3.05, 3.63) is 81.5 Å². The smallest absolute Gasteiger partial charge is 0.134 e. The third kappa shape index (κ3) is 6.02. The van der Waals surface area contributed by atoms with Crippen LogP contribution in [0.5, 0.6) is 0 Å². The lowest BCUT2D eigenvalue weighted by Crippen LogP contribution is -2.33. The molecule has 0 radical (unpaired) electrons. The van der Waals surface area contributed by atoms with Gasteiger partial charge in [-0.25, -0.2) is 9.97 Å². The minimum atomic E-state index is 0.170. The maximum absolute atomic E-state index is 6.11. The highest BCUT2D eigenvalue weighted by Crippen LogP contribution is 2.30. The zero-order valence-electron chi connectivity index (χ0n) is 18.6. The SMILES string of the molecule is CC1CCN(c2cc(N[C@@H](C)[C@@H](Cc3ccc(Cl)cc3)c3cccc(Br)c3)ncn2)CC1. The van der Waals surface area contributed by atoms with Crippen molar-refractivity contribution in [3.63, 3.8) is 0 Å². The summed E-state index contributed by atoms with van der Waals surface area (Å²) in [7, 11) is 0. The molecule has 0 saturated carbocycles. The maximum Gasteiger partial charge on any atom is 0.134 e. The molecule has 3 aromatic rings. The molecule has 0 amide bonds. The Morgan fingerprint density at radius 2 is 1.84 bits per heavy atom. The van der Waals surface area contributed by atoms with Crippen LogP contribution < -0.4 is 10.2 Å². The topological polar surface area (TPSA) is 41.0 Å². The Balaban J connectivity index is 1.54. The lowest BCUT2D eigenvalue weighted by molar-refractivity contribution is 0.436. The van der Waals surface area contributed by atoms with Crippen molar-refractivity contribution in [2.45, 2.75) is 45.1 Å². The molecule has 1 saturated heterocycles. The van der Waals surface area contributed by atoms with Crippen LogP contribution >= 0.6 is 27.5 Å². The van der Waals surface area contributed by atoms with Gasteiger partial charge in [-0.1, -0.05) is 58.7 Å². The zero-order chi connectivity index (χ0) is 22.5. The normalized spacial score (nSPS) is 16.6. The van der Waals surface area contributed by atoms with E-state index in [1.807, 2.05) is 12.1 Å². The molecule has 2 aromatic carbocycles. The third-order valence-corrected chi connectivity index (χ3v) is 7.13. The van der Waals surface area contributed by atoms with Gasteiger partial charge in [0.2, 0.25) is 0 Å². The fourth-order valence-corrected chi connectivity index (χ4v) is 4.91. The highest BCUT2D eigenvalue weighted by molar-refractivity contribution is 9.10. The number of hydrogen-bond acceptors (Lipinski definition) is 4. The Labute approximate surface area is 204 Å². The standard InChI is InChI=1S/C26H30BrClN4/c1-18-10-12-32(13-11-18)26-16-25(29-17-30-26)31-19(2)24(21-4-3-5-22(27)15-21)14-20-6-8-23(28)9-7-20/h3-9,15-19,24H,10-14H2,1-2H3,(H,29,30,31)/t19-,24+/m0/s1. The number of anilines is 2. The van der Waals surface area contributed by atoms with E-state index in [4.69, 9.17) is 11.6 Å². The summed E-state index contributed by atoms with van der Waals surface area (Å²) in [5.41, 5.74) is 2.55. The van der Waals surface area contributed by atoms with Crippen LogP contribution in [0.4, 0.5) is 11.6 Å². The lowest BCUT2D eigenvalue weighted by atomic mass is 9.86. The van der Waals surface area contributed by atoms with Gasteiger partial charge in [-0.2, -0.15) is 0 Å². The van der Waals surface area contributed by atoms with Crippen LogP contribution in [0.1, 0.15) is 43.7 Å². The zero-order valence-corrected chi connectivity index (χ0v) is 21.0. The molecule has 2 atom stereocenters. The summed E-state index contributed by atoms with van der Waals surface area (Å²) in [6.07, 6.45) is 5.02. The molecule has 2 heterocycles. The number of halogens is 2. The summed E-state index contributed by atoms with van der Waals surface area (Å²) in [6.45, 7) is 6.68. The number of piperidine rings is 1. The van der Waals surface area contributed by atoms with E-state index in [0.29, 0.717) is 0 Å². The van der Waals surface area contributed by atoms with Gasteiger partial charge in [0.15, 0.2) is 0 Å². The van der Waals surface area contributed by atoms with E-state index in [0.717, 1.165) is 46.6 Å². The van der Waals surface area contributed by atoms with Gasteiger partial charge in [0.25, 0.3) is 0 Å². The van der Waals surface area contributed by atoms with Crippen LogP contribution in [0.2, 0.25) is 5.02 Å². The number of hydrogen-bond donors (Lipinski definition) is 1. The van der Waals surface area contributed by atoms with Gasteiger partial charge in [-0.3, -0.25) is 0 Å². The molecule has 0 aliphatic carbocycles. The molecule has 1 aliphatic heterocycles. The summed E-state index contributed by atoms with van der Waals surface area (Å²) in [4.78, 5) is 11.4. The van der Waals surface area contributed by atoms with Crippen LogP contribution in [0, 0.1) is 5.92 Å². The van der Waals surface area contributed by atoms with Crippen LogP contribution in [0.15, 0.2) is 65.4 Å². The molecule has 1 aliphatic rings. The van der Waals surface area contributed by atoms with Gasteiger partial charge in [0.1, 0.15) is 18.0 Å². The van der Waals surface area contributed by atoms with Crippen LogP contribution in [0.25, 0.3) is 0 Å². The van der Waals surface area contributed by atoms with Gasteiger partial charge in [-0.05, 0) is 67.5 Å². The van der Waals surface area contributed by atoms with Crippen molar-refractivity contribution < 1.29 is 0 Å². The summed E-state index contributed by atoms with van der Waals surface area (Å²) >= 11 is 9.74. The number of rotatable bonds is 7. The van der Waals surface area contributed by atoms with E-state index >= 15 is 0 Å². The molecule has 1 aromatic heterocycles. The van der Waals surface area contributed by atoms with Gasteiger partial charge in [0.05, 0.1) is 0 Å². The predicted molar refractivity (Wildman–Crippen MR) is 138 cm³/mol. The van der Waals surface area contributed by atoms with Crippen molar-refractivity contribution >= 4 is 39.2 Å². The largest absolute Gasteiger partial charge is 0.367 e. The van der Waals surface area contributed by atoms with Crippen LogP contribution in [-0.4, -0.2) is 29.1 Å². The van der Waals surface area contributed by atoms with E-state index < -0.39 is 0 Å². The molecule has 1 fully saturated rings. The van der Waals surface area contributed by atoms with E-state index in [1.54, 1.807) is 6.33 Å². The van der Waals surface area contributed by atoms with Gasteiger partial charge in [0, 0.05) is 40.6 Å². The Morgan fingerprint density at radius 3 is 2.56 bits per heavy atom. The third-order valence-electron chi connectivity index (χ3n) is 6.39. The van der Waals surface area contributed by atoms with E-state index in [1.165, 1.54) is 24.0 Å². The predicted octanol–water partition coefficient (Wildman–Crippen LogP) is 6.96. The fourth-order valence-electron chi connectivity index (χ4n) is 4.37. The summed E-state index contributed by atoms with van der Waals surface area (Å²) in [5.74, 6) is 2.95. The molecule has 6 heteroatoms. The fraction of sp³-hybridized carbons (Fsp3) is 0.385. The van der Waals surface area contributed by atoms with Crippen molar-refractivity contribution in [2.24, 2.45) is 5.92 Å². The first-order chi connectivity index (χ1) is 15.5. The molecule has 0 spiro atoms. The van der Waals surface area contributed by atoms with Crippen LogP contribution in [0.3, 0.4) is 0 Å². The Kier molecular flexibility index (Phi) is 7.69. The average molecular weight is 514 g/mol. The quantitative estimate of drug-likeness (QED) is 0.371. The number of aromatic nitrogens is 2. The second kappa shape index (κ2) is 10.7. The van der Waals surface area contributed by atoms with Crippen molar-refractivity contribution in [2.75, 3.05) is 23.3 Å². The molecule has 0 bridgehead atoms. The first-order valence-electron chi connectivity index (χ1n) is 11.3. The molecular formula is C26H30BrClN4. The Bertz CT molecular complexity index is 1020. The molecule has 0 unspecified atom stereocenters. The minimum absolute atomic E-state index is 0.170. The molecule has 4 rings (SSSR count). The average Bonchev–Trinajstić information content (AvgIpc) is 2.79. The Hall–Kier alpha value is -2.11. The van der Waals surface area contributed by atoms with Gasteiger partial charge in [-0.15, -0.1) is 0 Å². The molecular weight excluding hydrogens is 484 g/mol. The molecule has 168 valence electrons. The number of nitrogens with zero attached hydrogens (tertiary/aromatic N) is 3. The summed E-state index contributed by atoms with van der Waals surface area (Å²) in [6, 6.07) is 19.0. The molecule has 32 heavy (non-hydrogen) atoms. The maximum atomic E-state index is 6.11. The first-order valence-corrected chi connectivity index (χ1v) is 12.5. The van der Waals surface area contributed by atoms with Crippen molar-refractivity contribution in [1.82, 2.24) is 9.97 Å². The Morgan fingerprint density at radius 1 is 1.09 bits per heavy atom. The van der Waals surface area contributed by atoms with Crippen LogP contribution in [-0.2, 0) is 6.42 Å². The number of nitrogens with one attached hydrogen (secondary N) is 1. The van der Waals surface area contributed by atoms with Gasteiger partial charge < -0.3 is 10.2 Å². The van der Waals surface area contributed by atoms with E-state index in [-0.39, 0.29) is 12.0 Å². The minimum Gasteiger partial charge on any atom is -0.367 e. The highest BCUT2D eigenvalue weighted by Gasteiger charge is 2.22. The summed E-state index contributed by atoms with van der Waals surface area (Å²) in [5, 5.41) is 4.42. The van der Waals surface area contributed by atoms with Gasteiger partial charge >= 0.3 is 0 Å². The lowest BCUT2D eigenvalue weighted by Gasteiger charge is -2.31. The highest BCUT2D eigenvalue weighted by atomic mass is 79.9. The van der Waals surface area contributed by atoms with Crippen molar-refractivity contribution in [1.29, 1.82) is 0 Å². The monoisotopic (exact) mass is 512 g/mol. The second-order valence-electron chi connectivity index (χ2n) is 8.86. The van der Waals surface area contributed by atoms with E-state index in [9.17, 15) is 0 Å². The summed E-state index contributed by atoms with van der Waals surface area (Å²) < 4.78 is 1.09. The molecule has 1 N–H and O–H groups in total. The molecule has 4 nitrogen and oxygen atoms in total. The van der Waals surface area contributed by atoms with Crippen molar-refractivity contribution in [3.8, 4) is 0 Å².